The van der Waals surface area contributed by atoms with Gasteiger partial charge in [-0.15, -0.1) is 0 Å². The first-order valence-electron chi connectivity index (χ1n) is 9.39. The maximum absolute atomic E-state index is 12.1. The molecule has 2 rings (SSSR count). The van der Waals surface area contributed by atoms with Gasteiger partial charge in [0.15, 0.2) is 0 Å². The minimum atomic E-state index is -5.34. The third-order valence-corrected chi connectivity index (χ3v) is 4.77. The number of hydrogen-bond acceptors (Lipinski definition) is 6. The van der Waals surface area contributed by atoms with Crippen LogP contribution in [0.5, 0.6) is 0 Å². The zero-order valence-corrected chi connectivity index (χ0v) is 16.8. The van der Waals surface area contributed by atoms with Gasteiger partial charge in [0.25, 0.3) is 0 Å². The van der Waals surface area contributed by atoms with Crippen LogP contribution in [0.3, 0.4) is 0 Å². The van der Waals surface area contributed by atoms with E-state index < -0.39 is 23.3 Å². The molecule has 0 unspecified atom stereocenters. The van der Waals surface area contributed by atoms with Crippen molar-refractivity contribution in [3.63, 3.8) is 0 Å². The second kappa shape index (κ2) is 9.43. The van der Waals surface area contributed by atoms with Crippen LogP contribution in [0, 0.1) is 0 Å². The van der Waals surface area contributed by atoms with Gasteiger partial charge in [-0.2, -0.15) is 13.2 Å². The van der Waals surface area contributed by atoms with Crippen LogP contribution < -0.4 is 0 Å². The lowest BCUT2D eigenvalue weighted by molar-refractivity contribution is -0.301. The predicted octanol–water partition coefficient (Wildman–Crippen LogP) is 2.37. The lowest BCUT2D eigenvalue weighted by Crippen LogP contribution is -2.58. The molecular weight excluding hydrogens is 407 g/mol. The number of rotatable bonds is 4. The Morgan fingerprint density at radius 3 is 2.13 bits per heavy atom. The van der Waals surface area contributed by atoms with Crippen LogP contribution >= 0.6 is 0 Å². The molecule has 1 fully saturated rings. The molecule has 0 spiro atoms. The quantitative estimate of drug-likeness (QED) is 0.582. The van der Waals surface area contributed by atoms with E-state index in [-0.39, 0.29) is 23.6 Å². The number of piperazine rings is 1. The third-order valence-electron chi connectivity index (χ3n) is 4.77. The van der Waals surface area contributed by atoms with Gasteiger partial charge in [-0.05, 0) is 36.8 Å². The Labute approximate surface area is 171 Å². The van der Waals surface area contributed by atoms with Crippen molar-refractivity contribution in [2.24, 2.45) is 0 Å². The van der Waals surface area contributed by atoms with Crippen molar-refractivity contribution < 1.29 is 37.6 Å². The normalized spacial score (nSPS) is 20.0. The Kier molecular flexibility index (Phi) is 7.43. The molecule has 1 aromatic rings. The largest absolute Gasteiger partial charge is 0.493 e. The van der Waals surface area contributed by atoms with E-state index in [2.05, 4.69) is 9.74 Å². The second-order valence-corrected chi connectivity index (χ2v) is 7.20. The number of halogens is 3. The van der Waals surface area contributed by atoms with Crippen molar-refractivity contribution in [1.82, 2.24) is 15.0 Å². The molecule has 0 bridgehead atoms. The van der Waals surface area contributed by atoms with Crippen LogP contribution in [0.25, 0.3) is 0 Å². The molecule has 0 aromatic heterocycles. The number of carbonyl (C=O) groups excluding carboxylic acids is 3. The highest BCUT2D eigenvalue weighted by molar-refractivity contribution is 5.93. The summed E-state index contributed by atoms with van der Waals surface area (Å²) in [4.78, 5) is 42.3. The van der Waals surface area contributed by atoms with E-state index in [1.807, 2.05) is 25.7 Å². The van der Waals surface area contributed by atoms with E-state index in [0.717, 1.165) is 5.56 Å². The van der Waals surface area contributed by atoms with Crippen LogP contribution in [0.2, 0.25) is 0 Å². The molecule has 0 radical (unpaired) electrons. The molecule has 0 saturated carbocycles. The fourth-order valence-electron chi connectivity index (χ4n) is 3.53. The van der Waals surface area contributed by atoms with Gasteiger partial charge in [-0.1, -0.05) is 19.1 Å². The molecule has 8 nitrogen and oxygen atoms in total. The van der Waals surface area contributed by atoms with Crippen molar-refractivity contribution >= 4 is 17.8 Å². The van der Waals surface area contributed by atoms with E-state index >= 15 is 0 Å². The maximum Gasteiger partial charge on any atom is 0.493 e. The molecule has 30 heavy (non-hydrogen) atoms. The summed E-state index contributed by atoms with van der Waals surface area (Å²) in [5, 5.41) is 8.55. The number of amides is 2. The highest BCUT2D eigenvalue weighted by atomic mass is 19.4. The van der Waals surface area contributed by atoms with Gasteiger partial charge in [-0.25, -0.2) is 4.79 Å². The second-order valence-electron chi connectivity index (χ2n) is 7.20. The lowest BCUT2D eigenvalue weighted by Gasteiger charge is -2.44. The van der Waals surface area contributed by atoms with E-state index in [1.54, 1.807) is 12.1 Å². The highest BCUT2D eigenvalue weighted by Crippen LogP contribution is 2.20. The van der Waals surface area contributed by atoms with E-state index in [9.17, 15) is 32.8 Å². The van der Waals surface area contributed by atoms with Gasteiger partial charge in [-0.3, -0.25) is 19.7 Å². The number of nitrogens with zero attached hydrogens (tertiary/aromatic N) is 3. The first kappa shape index (κ1) is 23.6. The Morgan fingerprint density at radius 1 is 1.13 bits per heavy atom. The van der Waals surface area contributed by atoms with E-state index in [4.69, 9.17) is 0 Å². The van der Waals surface area contributed by atoms with Gasteiger partial charge in [0.1, 0.15) is 0 Å². The summed E-state index contributed by atoms with van der Waals surface area (Å²) < 4.78 is 36.4. The molecular formula is C19H24F3N3O5. The third kappa shape index (κ3) is 5.70. The highest BCUT2D eigenvalue weighted by Gasteiger charge is 2.43. The van der Waals surface area contributed by atoms with Crippen molar-refractivity contribution in [2.45, 2.75) is 52.0 Å². The molecule has 1 N–H and O–H groups in total. The Morgan fingerprint density at radius 2 is 1.67 bits per heavy atom. The van der Waals surface area contributed by atoms with Crippen molar-refractivity contribution in [2.75, 3.05) is 13.1 Å². The summed E-state index contributed by atoms with van der Waals surface area (Å²) >= 11 is 0. The Bertz CT molecular complexity index is 773. The zero-order chi connectivity index (χ0) is 22.6. The van der Waals surface area contributed by atoms with Gasteiger partial charge < -0.3 is 9.74 Å². The lowest BCUT2D eigenvalue weighted by atomic mass is 10.1. The monoisotopic (exact) mass is 431 g/mol. The smallest absolute Gasteiger partial charge is 0.335 e. The minimum Gasteiger partial charge on any atom is -0.335 e. The molecule has 11 heteroatoms. The fourth-order valence-corrected chi connectivity index (χ4v) is 3.53. The average Bonchev–Trinajstić information content (AvgIpc) is 2.66. The average molecular weight is 431 g/mol. The zero-order valence-electron chi connectivity index (χ0n) is 16.8. The fraction of sp³-hybridized carbons (Fsp3) is 0.526. The molecule has 1 aliphatic rings. The van der Waals surface area contributed by atoms with Gasteiger partial charge in [0.2, 0.25) is 5.91 Å². The summed E-state index contributed by atoms with van der Waals surface area (Å²) in [5.41, 5.74) is 0.675. The predicted molar refractivity (Wildman–Crippen MR) is 97.9 cm³/mol. The van der Waals surface area contributed by atoms with Crippen LogP contribution in [-0.2, 0) is 21.0 Å². The molecule has 166 valence electrons. The molecule has 1 aromatic carbocycles. The topological polar surface area (TPSA) is 90.4 Å². The number of hydrogen-bond donors (Lipinski definition) is 1. The van der Waals surface area contributed by atoms with Crippen molar-refractivity contribution in [3.8, 4) is 0 Å². The summed E-state index contributed by atoms with van der Waals surface area (Å²) in [5.74, 6) is -3.91. The van der Waals surface area contributed by atoms with Crippen LogP contribution in [0.15, 0.2) is 24.3 Å². The Balaban J connectivity index is 1.97. The number of alkyl halides is 3. The van der Waals surface area contributed by atoms with Crippen LogP contribution in [-0.4, -0.2) is 69.4 Å². The summed E-state index contributed by atoms with van der Waals surface area (Å²) in [6, 6.07) is 5.90. The summed E-state index contributed by atoms with van der Waals surface area (Å²) in [7, 11) is 0. The van der Waals surface area contributed by atoms with Crippen LogP contribution in [0.1, 0.15) is 43.1 Å². The van der Waals surface area contributed by atoms with Crippen molar-refractivity contribution in [1.29, 1.82) is 0 Å². The SMILES string of the molecule is CCC(=O)N1[C@H](C)CN(Cc2ccc(C(=O)N(O)OC(=O)C(F)(F)F)cc2)C[C@@H]1C. The summed E-state index contributed by atoms with van der Waals surface area (Å²) in [6.07, 6.45) is -4.89. The van der Waals surface area contributed by atoms with E-state index in [1.165, 1.54) is 12.1 Å². The molecule has 1 saturated heterocycles. The Hall–Kier alpha value is -2.66. The van der Waals surface area contributed by atoms with Crippen molar-refractivity contribution in [3.05, 3.63) is 35.4 Å². The standard InChI is InChI=1S/C19H24F3N3O5/c1-4-16(26)24-12(2)9-23(10-13(24)3)11-14-5-7-15(8-6-14)17(27)25(29)30-18(28)19(20,21)22/h5-8,12-13,29H,4,9-11H2,1-3H3/t12-,13+. The summed E-state index contributed by atoms with van der Waals surface area (Å²) in [6.45, 7) is 7.69. The molecule has 1 aliphatic heterocycles. The van der Waals surface area contributed by atoms with Gasteiger partial charge in [0.05, 0.1) is 0 Å². The first-order valence-corrected chi connectivity index (χ1v) is 9.39. The molecule has 1 heterocycles. The number of benzene rings is 1. The maximum atomic E-state index is 12.1. The molecule has 2 amide bonds. The molecule has 0 aliphatic carbocycles. The first-order chi connectivity index (χ1) is 13.9. The molecule has 2 atom stereocenters. The van der Waals surface area contributed by atoms with Crippen LogP contribution in [0.4, 0.5) is 13.2 Å². The number of carbonyl (C=O) groups is 3. The van der Waals surface area contributed by atoms with Gasteiger partial charge >= 0.3 is 18.1 Å². The van der Waals surface area contributed by atoms with E-state index in [0.29, 0.717) is 26.1 Å². The van der Waals surface area contributed by atoms with Gasteiger partial charge in [0, 0.05) is 43.7 Å². The minimum absolute atomic E-state index is 0.0494. The number of hydroxylamine groups is 2.